The van der Waals surface area contributed by atoms with E-state index in [-0.39, 0.29) is 0 Å². The normalized spacial score (nSPS) is 15.5. The molecular formula is C61H54N8. The van der Waals surface area contributed by atoms with Crippen LogP contribution in [0, 0.1) is 0 Å². The molecule has 0 unspecified atom stereocenters. The van der Waals surface area contributed by atoms with Crippen molar-refractivity contribution in [1.82, 2.24) is 35.5 Å². The molecule has 0 saturated heterocycles. The molecule has 0 atom stereocenters. The number of rotatable bonds is 15. The molecule has 0 radical (unpaired) electrons. The third-order valence-electron chi connectivity index (χ3n) is 14.0. The molecule has 1 saturated carbocycles. The van der Waals surface area contributed by atoms with E-state index in [4.69, 9.17) is 15.3 Å². The van der Waals surface area contributed by atoms with E-state index in [0.29, 0.717) is 35.5 Å². The van der Waals surface area contributed by atoms with Crippen LogP contribution < -0.4 is 10.6 Å². The second-order valence-corrected chi connectivity index (χ2v) is 18.0. The first-order valence-corrected chi connectivity index (χ1v) is 24.1. The Labute approximate surface area is 403 Å². The zero-order valence-corrected chi connectivity index (χ0v) is 38.4. The van der Waals surface area contributed by atoms with Crippen molar-refractivity contribution >= 4 is 22.6 Å². The molecule has 3 aromatic heterocycles. The van der Waals surface area contributed by atoms with Crippen molar-refractivity contribution in [3.63, 3.8) is 0 Å². The third-order valence-corrected chi connectivity index (χ3v) is 14.0. The summed E-state index contributed by atoms with van der Waals surface area (Å²) in [4.78, 5) is 5.71. The molecule has 0 amide bonds. The monoisotopic (exact) mass is 898 g/mol. The predicted molar refractivity (Wildman–Crippen MR) is 278 cm³/mol. The van der Waals surface area contributed by atoms with E-state index in [0.717, 1.165) is 62.9 Å². The van der Waals surface area contributed by atoms with E-state index >= 15 is 0 Å². The van der Waals surface area contributed by atoms with Crippen LogP contribution in [-0.4, -0.2) is 42.8 Å². The first-order valence-electron chi connectivity index (χ1n) is 24.1. The highest BCUT2D eigenvalue weighted by molar-refractivity contribution is 5.94. The number of fused-ring (bicyclic) bond motifs is 1. The van der Waals surface area contributed by atoms with Gasteiger partial charge in [0.2, 0.25) is 0 Å². The summed E-state index contributed by atoms with van der Waals surface area (Å²) in [6, 6.07) is 77.3. The van der Waals surface area contributed by atoms with Crippen LogP contribution in [0.4, 0.5) is 5.82 Å². The van der Waals surface area contributed by atoms with Gasteiger partial charge in [-0.25, -0.2) is 9.67 Å². The van der Waals surface area contributed by atoms with E-state index in [2.05, 4.69) is 245 Å². The Morgan fingerprint density at radius 3 is 1.51 bits per heavy atom. The lowest BCUT2D eigenvalue weighted by Crippen LogP contribution is -2.39. The fraction of sp³-hybridized carbons (Fsp3) is 0.148. The summed E-state index contributed by atoms with van der Waals surface area (Å²) in [6.07, 6.45) is 10.7. The number of nitrogens with one attached hydrogen (secondary N) is 3. The number of nitrogens with zero attached hydrogens (tertiary/aromatic N) is 5. The lowest BCUT2D eigenvalue weighted by Gasteiger charge is -2.38. The van der Waals surface area contributed by atoms with Crippen molar-refractivity contribution in [2.45, 2.75) is 48.7 Å². The highest BCUT2D eigenvalue weighted by atomic mass is 15.5. The second kappa shape index (κ2) is 19.6. The molecule has 8 heteroatoms. The summed E-state index contributed by atoms with van der Waals surface area (Å²) in [6.45, 7) is 0.659. The lowest BCUT2D eigenvalue weighted by molar-refractivity contribution is 0.351. The second-order valence-electron chi connectivity index (χ2n) is 18.0. The van der Waals surface area contributed by atoms with E-state index in [1.54, 1.807) is 0 Å². The first kappa shape index (κ1) is 43.4. The van der Waals surface area contributed by atoms with E-state index in [1.165, 1.54) is 18.4 Å². The van der Waals surface area contributed by atoms with Crippen molar-refractivity contribution in [3.05, 3.63) is 287 Å². The minimum absolute atomic E-state index is 0.411. The van der Waals surface area contributed by atoms with Crippen molar-refractivity contribution in [1.29, 1.82) is 0 Å². The Balaban J connectivity index is 1.13. The molecule has 1 aliphatic carbocycles. The number of aromatic amines is 1. The van der Waals surface area contributed by atoms with Gasteiger partial charge in [-0.1, -0.05) is 224 Å². The van der Waals surface area contributed by atoms with E-state index in [9.17, 15) is 0 Å². The molecule has 10 aromatic rings. The molecular weight excluding hydrogens is 845 g/mol. The average molecular weight is 899 g/mol. The van der Waals surface area contributed by atoms with Gasteiger partial charge in [-0.2, -0.15) is 5.10 Å². The molecule has 3 N–H and O–H groups in total. The van der Waals surface area contributed by atoms with E-state index < -0.39 is 11.1 Å². The Kier molecular flexibility index (Phi) is 12.3. The number of benzene rings is 7. The maximum absolute atomic E-state index is 5.71. The predicted octanol–water partition coefficient (Wildman–Crippen LogP) is 12.5. The minimum atomic E-state index is -0.976. The van der Waals surface area contributed by atoms with E-state index in [1.807, 2.05) is 17.1 Å². The van der Waals surface area contributed by atoms with Gasteiger partial charge in [0.25, 0.3) is 0 Å². The van der Waals surface area contributed by atoms with Crippen LogP contribution in [0.1, 0.15) is 81.7 Å². The third kappa shape index (κ3) is 8.34. The van der Waals surface area contributed by atoms with Gasteiger partial charge in [0.05, 0.1) is 6.20 Å². The van der Waals surface area contributed by atoms with Gasteiger partial charge < -0.3 is 10.6 Å². The van der Waals surface area contributed by atoms with Gasteiger partial charge in [-0.3, -0.25) is 5.10 Å². The quantitative estimate of drug-likeness (QED) is 0.0887. The summed E-state index contributed by atoms with van der Waals surface area (Å²) in [7, 11) is 0. The topological polar surface area (TPSA) is 96.3 Å². The average Bonchev–Trinajstić information content (AvgIpc) is 4.13. The number of aromatic nitrogens is 6. The van der Waals surface area contributed by atoms with Gasteiger partial charge in [0.1, 0.15) is 22.4 Å². The molecule has 3 heterocycles. The largest absolute Gasteiger partial charge is 0.353 e. The molecule has 0 aliphatic heterocycles. The molecule has 0 spiro atoms. The van der Waals surface area contributed by atoms with Crippen LogP contribution in [0.2, 0.25) is 0 Å². The minimum Gasteiger partial charge on any atom is -0.353 e. The van der Waals surface area contributed by atoms with Crippen LogP contribution in [-0.2, 0) is 11.1 Å². The molecule has 0 bridgehead atoms. The van der Waals surface area contributed by atoms with Crippen LogP contribution in [0.5, 0.6) is 0 Å². The van der Waals surface area contributed by atoms with Gasteiger partial charge >= 0.3 is 0 Å². The van der Waals surface area contributed by atoms with Crippen molar-refractivity contribution in [3.8, 4) is 0 Å². The fourth-order valence-electron chi connectivity index (χ4n) is 10.7. The highest BCUT2D eigenvalue weighted by Crippen LogP contribution is 2.45. The fourth-order valence-corrected chi connectivity index (χ4v) is 10.7. The van der Waals surface area contributed by atoms with Crippen LogP contribution in [0.15, 0.2) is 237 Å². The Morgan fingerprint density at radius 2 is 1.04 bits per heavy atom. The standard InChI is InChI=1S/C61H54N8/c1-8-22-45(23-9-1)46-36-38-54(39-37-46)62-41-40-55(47-43-63-64-44-47)56-42-57(66-60(48-24-10-2-11-25-48,49-26-12-3-13-27-49)50-28-14-4-15-29-50)65-59-58(56)67-68-69(59)61(51-30-16-5-17-31-51,52-32-18-6-19-33-52)53-34-20-7-21-35-53/h1-35,40,42-44,46,54,62H,36-39,41H2,(H,63,64)(H,65,66)/b55-40+. The molecule has 338 valence electrons. The van der Waals surface area contributed by atoms with Crippen LogP contribution >= 0.6 is 0 Å². The first-order chi connectivity index (χ1) is 34.2. The zero-order chi connectivity index (χ0) is 46.3. The molecule has 8 nitrogen and oxygen atoms in total. The van der Waals surface area contributed by atoms with Gasteiger partial charge in [0, 0.05) is 29.9 Å². The van der Waals surface area contributed by atoms with Gasteiger partial charge in [0.15, 0.2) is 5.65 Å². The maximum Gasteiger partial charge on any atom is 0.182 e. The Morgan fingerprint density at radius 1 is 0.580 bits per heavy atom. The summed E-state index contributed by atoms with van der Waals surface area (Å²) in [5.74, 6) is 1.26. The summed E-state index contributed by atoms with van der Waals surface area (Å²) < 4.78 is 2.04. The van der Waals surface area contributed by atoms with Crippen molar-refractivity contribution < 1.29 is 0 Å². The van der Waals surface area contributed by atoms with Gasteiger partial charge in [-0.05, 0) is 82.2 Å². The van der Waals surface area contributed by atoms with Crippen molar-refractivity contribution in [2.75, 3.05) is 11.9 Å². The highest BCUT2D eigenvalue weighted by Gasteiger charge is 2.43. The molecule has 1 aliphatic rings. The number of hydrogen-bond donors (Lipinski definition) is 3. The van der Waals surface area contributed by atoms with Gasteiger partial charge in [-0.15, -0.1) is 5.10 Å². The Hall–Kier alpha value is -8.20. The van der Waals surface area contributed by atoms with Crippen LogP contribution in [0.25, 0.3) is 16.7 Å². The number of anilines is 1. The summed E-state index contributed by atoms with van der Waals surface area (Å²) >= 11 is 0. The molecule has 7 aromatic carbocycles. The molecule has 11 rings (SSSR count). The number of hydrogen-bond acceptors (Lipinski definition) is 6. The Bertz CT molecular complexity index is 3030. The van der Waals surface area contributed by atoms with Crippen molar-refractivity contribution in [2.24, 2.45) is 0 Å². The smallest absolute Gasteiger partial charge is 0.182 e. The molecule has 69 heavy (non-hydrogen) atoms. The summed E-state index contributed by atoms with van der Waals surface area (Å²) in [5, 5.41) is 26.1. The number of pyridine rings is 1. The lowest BCUT2D eigenvalue weighted by atomic mass is 9.77. The maximum atomic E-state index is 5.71. The SMILES string of the molecule is C(/CNC1CCC(c2ccccc2)CC1)=C(/c1cn[nH]c1)c1cc(NC(c2ccccc2)(c2ccccc2)c2ccccc2)nc2c1nnn2C(c1ccccc1)(c1ccccc1)c1ccccc1. The molecule has 1 fully saturated rings. The summed E-state index contributed by atoms with van der Waals surface area (Å²) in [5.41, 5.74) is 10.0. The number of H-pyrrole nitrogens is 1. The van der Waals surface area contributed by atoms with Crippen LogP contribution in [0.3, 0.4) is 0 Å². The zero-order valence-electron chi connectivity index (χ0n) is 38.4.